The quantitative estimate of drug-likeness (QED) is 0.428. The summed E-state index contributed by atoms with van der Waals surface area (Å²) in [5.41, 5.74) is 1.61. The minimum absolute atomic E-state index is 0.147. The van der Waals surface area contributed by atoms with Gasteiger partial charge >= 0.3 is 0 Å². The van der Waals surface area contributed by atoms with Gasteiger partial charge in [0.05, 0.1) is 24.5 Å². The number of amides is 1. The molecule has 1 heterocycles. The number of nitrogens with zero attached hydrogens (tertiary/aromatic N) is 1. The highest BCUT2D eigenvalue weighted by Crippen LogP contribution is 2.42. The first-order valence-corrected chi connectivity index (χ1v) is 13.9. The van der Waals surface area contributed by atoms with Crippen LogP contribution in [0, 0.1) is 5.82 Å². The smallest absolute Gasteiger partial charge is 0.251 e. The van der Waals surface area contributed by atoms with E-state index in [1.54, 1.807) is 42.5 Å². The maximum absolute atomic E-state index is 14.2. The number of sulfonamides is 1. The lowest BCUT2D eigenvalue weighted by molar-refractivity contribution is 0.0227. The van der Waals surface area contributed by atoms with Crippen LogP contribution in [-0.4, -0.2) is 26.2 Å². The van der Waals surface area contributed by atoms with E-state index in [1.807, 2.05) is 24.3 Å². The minimum Gasteiger partial charge on any atom is -0.487 e. The molecule has 0 aliphatic carbocycles. The van der Waals surface area contributed by atoms with Gasteiger partial charge in [0.15, 0.2) is 0 Å². The highest BCUT2D eigenvalue weighted by atomic mass is 32.2. The van der Waals surface area contributed by atoms with Gasteiger partial charge in [0.25, 0.3) is 5.91 Å². The predicted molar refractivity (Wildman–Crippen MR) is 139 cm³/mol. The summed E-state index contributed by atoms with van der Waals surface area (Å²) >= 11 is 0. The number of benzene rings is 3. The van der Waals surface area contributed by atoms with Crippen LogP contribution in [0.3, 0.4) is 0 Å². The number of carbonyl (C=O) groups excluding carboxylic acids is 1. The van der Waals surface area contributed by atoms with Crippen molar-refractivity contribution in [2.45, 2.75) is 51.3 Å². The summed E-state index contributed by atoms with van der Waals surface area (Å²) in [6.07, 6.45) is 3.38. The van der Waals surface area contributed by atoms with Crippen LogP contribution >= 0.6 is 0 Å². The second-order valence-electron chi connectivity index (χ2n) is 9.17. The highest BCUT2D eigenvalue weighted by molar-refractivity contribution is 7.92. The Morgan fingerprint density at radius 2 is 1.67 bits per heavy atom. The van der Waals surface area contributed by atoms with Crippen molar-refractivity contribution in [1.82, 2.24) is 5.32 Å². The van der Waals surface area contributed by atoms with Crippen LogP contribution in [0.1, 0.15) is 60.6 Å². The number of nitrogens with one attached hydrogen (secondary N) is 1. The average molecular weight is 511 g/mol. The molecule has 0 spiro atoms. The number of anilines is 1. The molecule has 1 amide bonds. The van der Waals surface area contributed by atoms with Gasteiger partial charge in [-0.1, -0.05) is 50.2 Å². The summed E-state index contributed by atoms with van der Waals surface area (Å²) in [4.78, 5) is 13.2. The molecule has 1 aliphatic heterocycles. The van der Waals surface area contributed by atoms with Crippen molar-refractivity contribution in [3.05, 3.63) is 95.3 Å². The SMILES string of the molecule is CCC1(CC)C[C@@H](NC(=O)c2ccc(N(Cc3ccccc3F)S(C)(=O)=O)cc2)c2ccccc2O1. The van der Waals surface area contributed by atoms with Gasteiger partial charge in [-0.25, -0.2) is 12.8 Å². The zero-order valence-electron chi connectivity index (χ0n) is 20.7. The zero-order valence-corrected chi connectivity index (χ0v) is 21.5. The third-order valence-electron chi connectivity index (χ3n) is 6.88. The number of rotatable bonds is 8. The number of ether oxygens (including phenoxy) is 1. The summed E-state index contributed by atoms with van der Waals surface area (Å²) in [6, 6.07) is 19.9. The van der Waals surface area contributed by atoms with Gasteiger partial charge in [-0.15, -0.1) is 0 Å². The van der Waals surface area contributed by atoms with E-state index in [4.69, 9.17) is 4.74 Å². The molecule has 0 saturated carbocycles. The third-order valence-corrected chi connectivity index (χ3v) is 8.02. The van der Waals surface area contributed by atoms with E-state index in [0.717, 1.165) is 34.7 Å². The van der Waals surface area contributed by atoms with Crippen LogP contribution in [0.2, 0.25) is 0 Å². The topological polar surface area (TPSA) is 75.7 Å². The van der Waals surface area contributed by atoms with Gasteiger partial charge in [-0.3, -0.25) is 9.10 Å². The lowest BCUT2D eigenvalue weighted by Gasteiger charge is -2.41. The molecular formula is C28H31FN2O4S. The van der Waals surface area contributed by atoms with Crippen molar-refractivity contribution in [2.75, 3.05) is 10.6 Å². The first-order valence-electron chi connectivity index (χ1n) is 12.1. The van der Waals surface area contributed by atoms with Crippen LogP contribution in [0.15, 0.2) is 72.8 Å². The van der Waals surface area contributed by atoms with Crippen LogP contribution in [0.25, 0.3) is 0 Å². The third kappa shape index (κ3) is 5.38. The highest BCUT2D eigenvalue weighted by Gasteiger charge is 2.39. The summed E-state index contributed by atoms with van der Waals surface area (Å²) < 4.78 is 46.6. The van der Waals surface area contributed by atoms with Crippen LogP contribution in [0.4, 0.5) is 10.1 Å². The number of fused-ring (bicyclic) bond motifs is 1. The molecule has 190 valence electrons. The number of hydrogen-bond donors (Lipinski definition) is 1. The molecule has 36 heavy (non-hydrogen) atoms. The predicted octanol–water partition coefficient (Wildman–Crippen LogP) is 5.60. The molecule has 1 atom stereocenters. The number of halogens is 1. The van der Waals surface area contributed by atoms with Crippen molar-refractivity contribution in [2.24, 2.45) is 0 Å². The second-order valence-corrected chi connectivity index (χ2v) is 11.1. The molecule has 3 aromatic carbocycles. The standard InChI is InChI=1S/C28H31FN2O4S/c1-4-28(5-2)18-25(23-11-7-9-13-26(23)35-28)30-27(32)20-14-16-22(17-15-20)31(36(3,33)34)19-21-10-6-8-12-24(21)29/h6-17,25H,4-5,18-19H2,1-3H3,(H,30,32)/t25-/m1/s1. The molecule has 4 rings (SSSR count). The lowest BCUT2D eigenvalue weighted by Crippen LogP contribution is -2.44. The van der Waals surface area contributed by atoms with E-state index in [0.29, 0.717) is 17.7 Å². The maximum atomic E-state index is 14.2. The van der Waals surface area contributed by atoms with Gasteiger partial charge < -0.3 is 10.1 Å². The van der Waals surface area contributed by atoms with Gasteiger partial charge in [0, 0.05) is 23.1 Å². The minimum atomic E-state index is -3.69. The lowest BCUT2D eigenvalue weighted by atomic mass is 9.83. The molecule has 0 fully saturated rings. The Bertz CT molecular complexity index is 1340. The van der Waals surface area contributed by atoms with Crippen molar-refractivity contribution in [1.29, 1.82) is 0 Å². The van der Waals surface area contributed by atoms with E-state index < -0.39 is 15.8 Å². The summed E-state index contributed by atoms with van der Waals surface area (Å²) in [7, 11) is -3.69. The molecule has 8 heteroatoms. The van der Waals surface area contributed by atoms with E-state index in [2.05, 4.69) is 19.2 Å². The monoisotopic (exact) mass is 510 g/mol. The Hall–Kier alpha value is -3.39. The Morgan fingerprint density at radius 3 is 2.31 bits per heavy atom. The molecule has 0 bridgehead atoms. The molecule has 6 nitrogen and oxygen atoms in total. The number of hydrogen-bond acceptors (Lipinski definition) is 4. The van der Waals surface area contributed by atoms with Gasteiger partial charge in [0.2, 0.25) is 10.0 Å². The van der Waals surface area contributed by atoms with E-state index in [-0.39, 0.29) is 29.7 Å². The van der Waals surface area contributed by atoms with Crippen LogP contribution < -0.4 is 14.4 Å². The first-order chi connectivity index (χ1) is 17.2. The van der Waals surface area contributed by atoms with Crippen molar-refractivity contribution in [3.63, 3.8) is 0 Å². The summed E-state index contributed by atoms with van der Waals surface area (Å²) in [5.74, 6) is 0.0449. The fourth-order valence-corrected chi connectivity index (χ4v) is 5.51. The normalized spacial score (nSPS) is 16.5. The molecule has 1 N–H and O–H groups in total. The summed E-state index contributed by atoms with van der Waals surface area (Å²) in [6.45, 7) is 4.03. The van der Waals surface area contributed by atoms with Gasteiger partial charge in [-0.2, -0.15) is 0 Å². The Labute approximate surface area is 212 Å². The van der Waals surface area contributed by atoms with Crippen molar-refractivity contribution >= 4 is 21.6 Å². The van der Waals surface area contributed by atoms with Crippen LogP contribution in [0.5, 0.6) is 5.75 Å². The molecule has 1 aliphatic rings. The van der Waals surface area contributed by atoms with Gasteiger partial charge in [-0.05, 0) is 49.2 Å². The largest absolute Gasteiger partial charge is 0.487 e. The molecule has 0 aromatic heterocycles. The Kier molecular flexibility index (Phi) is 7.36. The molecular weight excluding hydrogens is 479 g/mol. The maximum Gasteiger partial charge on any atom is 0.251 e. The fraction of sp³-hybridized carbons (Fsp3) is 0.321. The number of carbonyl (C=O) groups is 1. The van der Waals surface area contributed by atoms with E-state index in [1.165, 1.54) is 6.07 Å². The second kappa shape index (κ2) is 10.3. The molecule has 0 radical (unpaired) electrons. The fourth-order valence-electron chi connectivity index (χ4n) is 4.63. The molecule has 3 aromatic rings. The Balaban J connectivity index is 1.56. The molecule has 0 saturated heterocycles. The zero-order chi connectivity index (χ0) is 25.9. The van der Waals surface area contributed by atoms with Crippen molar-refractivity contribution < 1.29 is 22.3 Å². The molecule has 0 unspecified atom stereocenters. The average Bonchev–Trinajstić information content (AvgIpc) is 2.87. The van der Waals surface area contributed by atoms with E-state index in [9.17, 15) is 17.6 Å². The van der Waals surface area contributed by atoms with E-state index >= 15 is 0 Å². The van der Waals surface area contributed by atoms with Crippen molar-refractivity contribution in [3.8, 4) is 5.75 Å². The Morgan fingerprint density at radius 1 is 1.03 bits per heavy atom. The first kappa shape index (κ1) is 25.7. The van der Waals surface area contributed by atoms with Crippen LogP contribution in [-0.2, 0) is 16.6 Å². The summed E-state index contributed by atoms with van der Waals surface area (Å²) in [5, 5.41) is 3.14. The number of para-hydroxylation sites is 1. The van der Waals surface area contributed by atoms with Gasteiger partial charge in [0.1, 0.15) is 17.2 Å².